The van der Waals surface area contributed by atoms with Crippen LogP contribution in [0, 0.1) is 6.92 Å². The standard InChI is InChI=1S/C21H30N4O4S/c1-4-22-21(24-13-5-12-23-20(26)19-16(2)11-15-29-19)25-14-10-17-6-8-18(9-7-17)30(3,27)28/h6-9,11,15H,4-5,10,12-14H2,1-3H3,(H,23,26)(H2,22,24,25). The second-order valence-corrected chi connectivity index (χ2v) is 8.91. The Kier molecular flexibility index (Phi) is 8.91. The number of amides is 1. The van der Waals surface area contributed by atoms with Gasteiger partial charge in [-0.25, -0.2) is 8.42 Å². The number of guanidine groups is 1. The molecule has 0 saturated carbocycles. The number of aliphatic imine (C=N–C) groups is 1. The largest absolute Gasteiger partial charge is 0.459 e. The first-order chi connectivity index (χ1) is 14.3. The number of hydrogen-bond acceptors (Lipinski definition) is 5. The first-order valence-corrected chi connectivity index (χ1v) is 11.8. The maximum atomic E-state index is 12.0. The second-order valence-electron chi connectivity index (χ2n) is 6.90. The monoisotopic (exact) mass is 434 g/mol. The minimum Gasteiger partial charge on any atom is -0.459 e. The number of benzene rings is 1. The van der Waals surface area contributed by atoms with E-state index in [0.717, 1.165) is 24.1 Å². The van der Waals surface area contributed by atoms with Gasteiger partial charge in [0.1, 0.15) is 0 Å². The Morgan fingerprint density at radius 2 is 1.80 bits per heavy atom. The van der Waals surface area contributed by atoms with E-state index in [1.54, 1.807) is 18.2 Å². The van der Waals surface area contributed by atoms with E-state index in [1.807, 2.05) is 26.0 Å². The van der Waals surface area contributed by atoms with Gasteiger partial charge in [0.25, 0.3) is 5.91 Å². The Bertz CT molecular complexity index is 950. The zero-order chi connectivity index (χ0) is 22.0. The van der Waals surface area contributed by atoms with E-state index in [1.165, 1.54) is 12.5 Å². The lowest BCUT2D eigenvalue weighted by atomic mass is 10.1. The molecule has 1 heterocycles. The van der Waals surface area contributed by atoms with Crippen LogP contribution >= 0.6 is 0 Å². The third-order valence-corrected chi connectivity index (χ3v) is 5.49. The predicted molar refractivity (Wildman–Crippen MR) is 118 cm³/mol. The smallest absolute Gasteiger partial charge is 0.287 e. The zero-order valence-corrected chi connectivity index (χ0v) is 18.5. The van der Waals surface area contributed by atoms with Crippen LogP contribution in [0.1, 0.15) is 35.0 Å². The van der Waals surface area contributed by atoms with Gasteiger partial charge >= 0.3 is 0 Å². The highest BCUT2D eigenvalue weighted by Gasteiger charge is 2.11. The van der Waals surface area contributed by atoms with Crippen LogP contribution in [0.4, 0.5) is 0 Å². The molecule has 8 nitrogen and oxygen atoms in total. The van der Waals surface area contributed by atoms with Gasteiger partial charge in [0.2, 0.25) is 0 Å². The molecule has 0 saturated heterocycles. The molecular weight excluding hydrogens is 404 g/mol. The molecule has 2 rings (SSSR count). The van der Waals surface area contributed by atoms with E-state index in [2.05, 4.69) is 20.9 Å². The van der Waals surface area contributed by atoms with Crippen molar-refractivity contribution in [1.29, 1.82) is 0 Å². The van der Waals surface area contributed by atoms with Crippen LogP contribution in [0.3, 0.4) is 0 Å². The van der Waals surface area contributed by atoms with Crippen molar-refractivity contribution in [3.63, 3.8) is 0 Å². The highest BCUT2D eigenvalue weighted by Crippen LogP contribution is 2.10. The topological polar surface area (TPSA) is 113 Å². The van der Waals surface area contributed by atoms with Crippen molar-refractivity contribution in [2.75, 3.05) is 32.4 Å². The molecule has 0 spiro atoms. The number of carbonyl (C=O) groups is 1. The van der Waals surface area contributed by atoms with Crippen molar-refractivity contribution < 1.29 is 17.6 Å². The number of rotatable bonds is 10. The van der Waals surface area contributed by atoms with Crippen molar-refractivity contribution in [3.8, 4) is 0 Å². The molecule has 0 fully saturated rings. The molecule has 1 amide bonds. The lowest BCUT2D eigenvalue weighted by molar-refractivity contribution is 0.0925. The summed E-state index contributed by atoms with van der Waals surface area (Å²) in [6.07, 6.45) is 4.15. The summed E-state index contributed by atoms with van der Waals surface area (Å²) in [6.45, 7) is 6.30. The van der Waals surface area contributed by atoms with Crippen LogP contribution in [-0.4, -0.2) is 52.7 Å². The van der Waals surface area contributed by atoms with Crippen LogP contribution in [0.2, 0.25) is 0 Å². The quantitative estimate of drug-likeness (QED) is 0.299. The molecule has 0 aliphatic rings. The first-order valence-electron chi connectivity index (χ1n) is 9.94. The van der Waals surface area contributed by atoms with E-state index in [4.69, 9.17) is 4.42 Å². The van der Waals surface area contributed by atoms with Gasteiger partial charge in [-0.05, 0) is 50.5 Å². The highest BCUT2D eigenvalue weighted by molar-refractivity contribution is 7.90. The lowest BCUT2D eigenvalue weighted by Crippen LogP contribution is -2.38. The van der Waals surface area contributed by atoms with E-state index >= 15 is 0 Å². The molecule has 0 aliphatic carbocycles. The number of nitrogens with zero attached hydrogens (tertiary/aromatic N) is 1. The lowest BCUT2D eigenvalue weighted by Gasteiger charge is -2.11. The highest BCUT2D eigenvalue weighted by atomic mass is 32.2. The Morgan fingerprint density at radius 1 is 1.07 bits per heavy atom. The molecule has 9 heteroatoms. The average molecular weight is 435 g/mol. The van der Waals surface area contributed by atoms with Gasteiger partial charge in [-0.15, -0.1) is 0 Å². The minimum atomic E-state index is -3.17. The number of carbonyl (C=O) groups excluding carboxylic acids is 1. The summed E-state index contributed by atoms with van der Waals surface area (Å²) in [5.41, 5.74) is 1.86. The SMILES string of the molecule is CCNC(=NCCCNC(=O)c1occc1C)NCCc1ccc(S(C)(=O)=O)cc1. The van der Waals surface area contributed by atoms with Crippen LogP contribution in [0.25, 0.3) is 0 Å². The molecule has 0 atom stereocenters. The molecule has 164 valence electrons. The maximum Gasteiger partial charge on any atom is 0.287 e. The minimum absolute atomic E-state index is 0.214. The average Bonchev–Trinajstić information content (AvgIpc) is 3.13. The fraction of sp³-hybridized carbons (Fsp3) is 0.429. The number of sulfone groups is 1. The molecule has 1 aromatic carbocycles. The third-order valence-electron chi connectivity index (χ3n) is 4.36. The van der Waals surface area contributed by atoms with Gasteiger partial charge in [0.15, 0.2) is 21.6 Å². The van der Waals surface area contributed by atoms with E-state index in [-0.39, 0.29) is 5.91 Å². The van der Waals surface area contributed by atoms with Gasteiger partial charge in [-0.3, -0.25) is 9.79 Å². The normalized spacial score (nSPS) is 11.9. The molecule has 2 aromatic rings. The third kappa shape index (κ3) is 7.55. The van der Waals surface area contributed by atoms with Gasteiger partial charge < -0.3 is 20.4 Å². The Morgan fingerprint density at radius 3 is 2.40 bits per heavy atom. The number of aryl methyl sites for hydroxylation is 1. The Labute approximate surface area is 178 Å². The number of hydrogen-bond donors (Lipinski definition) is 3. The first kappa shape index (κ1) is 23.5. The van der Waals surface area contributed by atoms with Gasteiger partial charge in [-0.2, -0.15) is 0 Å². The molecule has 30 heavy (non-hydrogen) atoms. The molecule has 0 unspecified atom stereocenters. The van der Waals surface area contributed by atoms with Crippen molar-refractivity contribution in [2.45, 2.75) is 31.6 Å². The fourth-order valence-electron chi connectivity index (χ4n) is 2.73. The number of furan rings is 1. The van der Waals surface area contributed by atoms with Crippen LogP contribution in [-0.2, 0) is 16.3 Å². The molecule has 0 radical (unpaired) electrons. The van der Waals surface area contributed by atoms with Crippen LogP contribution < -0.4 is 16.0 Å². The Hall–Kier alpha value is -2.81. The fourth-order valence-corrected chi connectivity index (χ4v) is 3.36. The molecular formula is C21H30N4O4S. The molecule has 3 N–H and O–H groups in total. The van der Waals surface area contributed by atoms with Gasteiger partial charge in [0, 0.05) is 38.0 Å². The molecule has 0 bridgehead atoms. The summed E-state index contributed by atoms with van der Waals surface area (Å²) in [4.78, 5) is 16.8. The van der Waals surface area contributed by atoms with Gasteiger partial charge in [0.05, 0.1) is 11.2 Å². The summed E-state index contributed by atoms with van der Waals surface area (Å²) in [6, 6.07) is 8.66. The second kappa shape index (κ2) is 11.4. The summed E-state index contributed by atoms with van der Waals surface area (Å²) < 4.78 is 28.2. The van der Waals surface area contributed by atoms with Crippen molar-refractivity contribution in [3.05, 3.63) is 53.5 Å². The van der Waals surface area contributed by atoms with E-state index in [0.29, 0.717) is 42.7 Å². The van der Waals surface area contributed by atoms with Gasteiger partial charge in [-0.1, -0.05) is 12.1 Å². The van der Waals surface area contributed by atoms with E-state index < -0.39 is 9.84 Å². The van der Waals surface area contributed by atoms with Crippen LogP contribution in [0.15, 0.2) is 50.9 Å². The maximum absolute atomic E-state index is 12.0. The van der Waals surface area contributed by atoms with Crippen molar-refractivity contribution >= 4 is 21.7 Å². The molecule has 1 aromatic heterocycles. The van der Waals surface area contributed by atoms with Crippen molar-refractivity contribution in [1.82, 2.24) is 16.0 Å². The summed E-state index contributed by atoms with van der Waals surface area (Å²) in [5, 5.41) is 9.27. The Balaban J connectivity index is 1.73. The summed E-state index contributed by atoms with van der Waals surface area (Å²) in [7, 11) is -3.17. The van der Waals surface area contributed by atoms with Crippen molar-refractivity contribution in [2.24, 2.45) is 4.99 Å². The zero-order valence-electron chi connectivity index (χ0n) is 17.7. The van der Waals surface area contributed by atoms with Crippen LogP contribution in [0.5, 0.6) is 0 Å². The summed E-state index contributed by atoms with van der Waals surface area (Å²) in [5.74, 6) is 0.838. The molecule has 0 aliphatic heterocycles. The number of nitrogens with one attached hydrogen (secondary N) is 3. The summed E-state index contributed by atoms with van der Waals surface area (Å²) >= 11 is 0. The predicted octanol–water partition coefficient (Wildman–Crippen LogP) is 1.91. The van der Waals surface area contributed by atoms with E-state index in [9.17, 15) is 13.2 Å².